The normalized spacial score (nSPS) is 22.5. The Labute approximate surface area is 684 Å². The van der Waals surface area contributed by atoms with Gasteiger partial charge in [-0.3, -0.25) is 4.79 Å². The summed E-state index contributed by atoms with van der Waals surface area (Å²) in [5, 5.41) is 133. The van der Waals surface area contributed by atoms with E-state index in [1.54, 1.807) is 86.8 Å². The first-order valence-corrected chi connectivity index (χ1v) is 42.8. The molecular formula is C89H141N2O23S+. The smallest absolute Gasteiger partial charge is 0.240 e. The van der Waals surface area contributed by atoms with E-state index in [-0.39, 0.29) is 110 Å². The Hall–Kier alpha value is -5.77. The first-order chi connectivity index (χ1) is 54.6. The topological polar surface area (TPSA) is 403 Å². The largest absolute Gasteiger partial charge is 0.507 e. The number of nitrogens with one attached hydrogen (secondary N) is 2. The fourth-order valence-corrected chi connectivity index (χ4v) is 15.1. The number of aliphatic hydroxyl groups excluding tert-OH is 10. The van der Waals surface area contributed by atoms with Gasteiger partial charge in [-0.1, -0.05) is 118 Å². The number of hydrogen-bond acceptors (Lipinski definition) is 24. The standard InChI is InChI=1S/C47H67NO10.C24H49O8.C10H15NO3S.C7H6O2.CH4/c1-3-35-27-38(56-46(55-35)41-22-7-9-24-43(41)51)20-13-21-39-29-40(58-47(57-39)42-23-8-10-25-44(42)52)26-34(50)17-12-19-37-28-36(18-11-14-32(2)49)53-45(54-37)31-48-30-33-15-5-4-6-16-33;1-3-18(26)13-19(27)9-5-11-22(30)15-24(32)16-23(31)12-6-10-21(29)14-20(28)8-4-7-17(2)25;1-9(14-2)8-11-15(12,13)10-6-4-3-5-7-10;8-5-6-3-1-2-4-7(6)9;/h4-10,15-16,22-25,32,34-40,45-52H,3,11-14,17-21,26-31H2,1-2H3;17-32H,2-16H2,1H3;3-7,9,11H,8H2,1-2H3;1-5,9H;1H4/q;+1;;;/t32-,34?,35?,36?,37?,38?,39?,40?,45?,46?,47?;17-,18?,19?,20?,21?,22?,23?,24?;;;/m00.../s1. The fraction of sp³-hybridized carbons (Fsp3) is 0.640. The van der Waals surface area contributed by atoms with Crippen molar-refractivity contribution in [2.24, 2.45) is 0 Å². The molecule has 15 N–H and O–H groups in total. The molecule has 8 rings (SSSR count). The summed E-state index contributed by atoms with van der Waals surface area (Å²) in [7, 11) is -1.85. The van der Waals surface area contributed by atoms with Crippen LogP contribution in [0, 0.1) is 6.92 Å². The van der Waals surface area contributed by atoms with Crippen molar-refractivity contribution in [2.45, 2.75) is 349 Å². The second-order valence-electron chi connectivity index (χ2n) is 30.8. The number of phenols is 3. The van der Waals surface area contributed by atoms with E-state index in [0.29, 0.717) is 119 Å². The minimum Gasteiger partial charge on any atom is -0.507 e. The highest BCUT2D eigenvalue weighted by atomic mass is 32.2. The van der Waals surface area contributed by atoms with Crippen LogP contribution in [0.15, 0.2) is 138 Å². The molecule has 25 nitrogen and oxygen atoms in total. The van der Waals surface area contributed by atoms with Crippen LogP contribution in [-0.2, 0) is 49.7 Å². The van der Waals surface area contributed by atoms with Crippen molar-refractivity contribution in [3.8, 4) is 17.2 Å². The van der Waals surface area contributed by atoms with Gasteiger partial charge < -0.3 is 105 Å². The van der Waals surface area contributed by atoms with E-state index in [9.17, 15) is 69.4 Å². The lowest BCUT2D eigenvalue weighted by Gasteiger charge is -2.38. The fourth-order valence-electron chi connectivity index (χ4n) is 14.0. The van der Waals surface area contributed by atoms with Crippen LogP contribution in [0.5, 0.6) is 17.2 Å². The summed E-state index contributed by atoms with van der Waals surface area (Å²) in [6.45, 7) is 12.6. The summed E-state index contributed by atoms with van der Waals surface area (Å²) in [6.07, 6.45) is 9.18. The number of ether oxygens (including phenoxy) is 7. The number of phenolic OH excluding ortho intramolecular Hbond substituents is 3. The zero-order chi connectivity index (χ0) is 83.2. The molecule has 26 heteroatoms. The number of aliphatic hydroxyl groups is 10. The Morgan fingerprint density at radius 3 is 1.36 bits per heavy atom. The minimum absolute atomic E-state index is 0. The lowest BCUT2D eigenvalue weighted by atomic mass is 9.95. The summed E-state index contributed by atoms with van der Waals surface area (Å²) in [5.41, 5.74) is 2.77. The van der Waals surface area contributed by atoms with Crippen molar-refractivity contribution in [1.82, 2.24) is 10.0 Å². The Morgan fingerprint density at radius 2 is 0.887 bits per heavy atom. The monoisotopic (exact) mass is 1640 g/mol. The van der Waals surface area contributed by atoms with E-state index in [1.165, 1.54) is 11.6 Å². The molecule has 20 atom stereocenters. The SMILES string of the molecule is C.CCC1CC(CCCC2CC(CC(O)CCCC3CC(CCC[C@H](C)O)OC(CNCc4ccccc4)O3)OC(c3ccccc3O)O2)OC(c2ccccc2O)O1.COC(C)CNS(=O)(=O)c1ccccc1.O=Cc1ccccc1O.[CH2+][C@H](O)CCCC(O)CC(O)CCCC(O)CC(O)CC(O)CCCC(O)CC(O)CC. The van der Waals surface area contributed by atoms with Gasteiger partial charge >= 0.3 is 0 Å². The van der Waals surface area contributed by atoms with Crippen LogP contribution < -0.4 is 10.0 Å². The van der Waals surface area contributed by atoms with E-state index >= 15 is 0 Å². The molecular weight excluding hydrogens is 1500 g/mol. The third-order valence-electron chi connectivity index (χ3n) is 20.6. The number of benzene rings is 5. The molecule has 0 spiro atoms. The van der Waals surface area contributed by atoms with Crippen molar-refractivity contribution in [3.05, 3.63) is 163 Å². The Kier molecular flexibility index (Phi) is 50.7. The predicted octanol–water partition coefficient (Wildman–Crippen LogP) is 12.5. The number of rotatable bonds is 48. The molecule has 5 aromatic carbocycles. The van der Waals surface area contributed by atoms with Gasteiger partial charge in [-0.25, -0.2) is 13.1 Å². The number of aldehydes is 1. The van der Waals surface area contributed by atoms with Crippen LogP contribution in [0.25, 0.3) is 0 Å². The highest BCUT2D eigenvalue weighted by Crippen LogP contribution is 2.40. The maximum absolute atomic E-state index is 11.7. The molecule has 3 aliphatic rings. The molecule has 3 heterocycles. The maximum Gasteiger partial charge on any atom is 0.240 e. The van der Waals surface area contributed by atoms with Crippen LogP contribution in [0.2, 0.25) is 0 Å². The molecule has 3 saturated heterocycles. The van der Waals surface area contributed by atoms with Gasteiger partial charge in [-0.05, 0) is 210 Å². The third kappa shape index (κ3) is 42.6. The van der Waals surface area contributed by atoms with Gasteiger partial charge in [0.1, 0.15) is 17.2 Å². The first kappa shape index (κ1) is 102. The Bertz CT molecular complexity index is 3400. The molecule has 5 aromatic rings. The number of sulfonamides is 1. The van der Waals surface area contributed by atoms with Gasteiger partial charge in [0.25, 0.3) is 0 Å². The van der Waals surface area contributed by atoms with E-state index < -0.39 is 77.5 Å². The van der Waals surface area contributed by atoms with Crippen LogP contribution in [0.4, 0.5) is 0 Å². The summed E-state index contributed by atoms with van der Waals surface area (Å²) >= 11 is 0. The van der Waals surface area contributed by atoms with Gasteiger partial charge in [0.05, 0.1) is 115 Å². The van der Waals surface area contributed by atoms with Gasteiger partial charge in [0, 0.05) is 63.6 Å². The second kappa shape index (κ2) is 57.4. The van der Waals surface area contributed by atoms with Gasteiger partial charge in [-0.15, -0.1) is 0 Å². The van der Waals surface area contributed by atoms with Crippen molar-refractivity contribution in [3.63, 3.8) is 0 Å². The van der Waals surface area contributed by atoms with Crippen LogP contribution >= 0.6 is 0 Å². The minimum atomic E-state index is -3.40. The lowest BCUT2D eigenvalue weighted by Crippen LogP contribution is -2.43. The molecule has 115 heavy (non-hydrogen) atoms. The van der Waals surface area contributed by atoms with Crippen molar-refractivity contribution < 1.29 is 113 Å². The second-order valence-corrected chi connectivity index (χ2v) is 32.6. The van der Waals surface area contributed by atoms with Crippen LogP contribution in [-0.4, -0.2) is 211 Å². The summed E-state index contributed by atoms with van der Waals surface area (Å²) in [4.78, 5) is 10.3. The van der Waals surface area contributed by atoms with Gasteiger partial charge in [-0.2, -0.15) is 0 Å². The molecule has 0 radical (unpaired) electrons. The highest BCUT2D eigenvalue weighted by molar-refractivity contribution is 7.89. The molecule has 0 aromatic heterocycles. The van der Waals surface area contributed by atoms with Gasteiger partial charge in [0.15, 0.2) is 31.3 Å². The van der Waals surface area contributed by atoms with Gasteiger partial charge in [0.2, 0.25) is 10.0 Å². The van der Waals surface area contributed by atoms with Crippen LogP contribution in [0.3, 0.4) is 0 Å². The quantitative estimate of drug-likeness (QED) is 0.0127. The summed E-state index contributed by atoms with van der Waals surface area (Å²) in [6, 6.07) is 39.2. The summed E-state index contributed by atoms with van der Waals surface area (Å²) < 4.78 is 69.0. The first-order valence-electron chi connectivity index (χ1n) is 41.3. The molecule has 0 saturated carbocycles. The number of methoxy groups -OCH3 is 1. The molecule has 3 fully saturated rings. The Balaban J connectivity index is 0.000000404. The number of carbonyl (C=O) groups is 1. The molecule has 0 aliphatic carbocycles. The molecule has 3 aliphatic heterocycles. The van der Waals surface area contributed by atoms with Crippen molar-refractivity contribution in [1.29, 1.82) is 0 Å². The number of aromatic hydroxyl groups is 3. The maximum atomic E-state index is 11.7. The number of carbonyl (C=O) groups excluding carboxylic acids is 1. The molecule has 0 bridgehead atoms. The van der Waals surface area contributed by atoms with Crippen LogP contribution in [0.1, 0.15) is 255 Å². The molecule has 0 amide bonds. The van der Waals surface area contributed by atoms with Crippen molar-refractivity contribution in [2.75, 3.05) is 20.2 Å². The van der Waals surface area contributed by atoms with E-state index in [4.69, 9.17) is 43.4 Å². The zero-order valence-corrected chi connectivity index (χ0v) is 68.6. The third-order valence-corrected chi connectivity index (χ3v) is 22.0. The number of hydrogen-bond donors (Lipinski definition) is 15. The van der Waals surface area contributed by atoms with E-state index in [1.807, 2.05) is 56.3 Å². The van der Waals surface area contributed by atoms with Crippen molar-refractivity contribution >= 4 is 16.3 Å². The summed E-state index contributed by atoms with van der Waals surface area (Å²) in [5.74, 6) is 0.328. The average Bonchev–Trinajstić information content (AvgIpc) is 0.831. The Morgan fingerprint density at radius 1 is 0.478 bits per heavy atom. The zero-order valence-electron chi connectivity index (χ0n) is 67.8. The lowest BCUT2D eigenvalue weighted by molar-refractivity contribution is -0.257. The average molecular weight is 1640 g/mol. The van der Waals surface area contributed by atoms with E-state index in [0.717, 1.165) is 77.2 Å². The molecule has 650 valence electrons. The molecule has 18 unspecified atom stereocenters. The van der Waals surface area contributed by atoms with E-state index in [2.05, 4.69) is 36.0 Å². The predicted molar refractivity (Wildman–Crippen MR) is 443 cm³/mol. The number of para-hydroxylation sites is 3. The highest BCUT2D eigenvalue weighted by Gasteiger charge is 2.36.